The fourth-order valence-corrected chi connectivity index (χ4v) is 3.31. The van der Waals surface area contributed by atoms with Crippen molar-refractivity contribution in [3.63, 3.8) is 0 Å². The summed E-state index contributed by atoms with van der Waals surface area (Å²) >= 11 is 5.78. The molecule has 4 N–H and O–H groups in total. The lowest BCUT2D eigenvalue weighted by Gasteiger charge is -2.09. The summed E-state index contributed by atoms with van der Waals surface area (Å²) in [6.07, 6.45) is 0. The number of benzene rings is 1. The molecule has 0 bridgehead atoms. The van der Waals surface area contributed by atoms with Crippen molar-refractivity contribution in [3.8, 4) is 0 Å². The van der Waals surface area contributed by atoms with Crippen molar-refractivity contribution in [2.24, 2.45) is 5.14 Å². The summed E-state index contributed by atoms with van der Waals surface area (Å²) in [5.41, 5.74) is 1.69. The van der Waals surface area contributed by atoms with Crippen LogP contribution in [0.4, 0.5) is 0 Å². The topological polar surface area (TPSA) is 122 Å². The molecule has 0 radical (unpaired) electrons. The number of halogens is 1. The molecule has 24 heavy (non-hydrogen) atoms. The van der Waals surface area contributed by atoms with Crippen LogP contribution in [0, 0.1) is 13.8 Å². The number of rotatable bonds is 4. The minimum atomic E-state index is -4.04. The van der Waals surface area contributed by atoms with Gasteiger partial charge in [0, 0.05) is 23.4 Å². The molecule has 0 unspecified atom stereocenters. The van der Waals surface area contributed by atoms with Gasteiger partial charge in [-0.25, -0.2) is 13.6 Å². The van der Waals surface area contributed by atoms with Crippen molar-refractivity contribution < 1.29 is 13.2 Å². The number of amides is 1. The predicted octanol–water partition coefficient (Wildman–Crippen LogP) is 1.22. The first-order valence-electron chi connectivity index (χ1n) is 6.89. The van der Waals surface area contributed by atoms with E-state index >= 15 is 0 Å². The summed E-state index contributed by atoms with van der Waals surface area (Å²) in [6, 6.07) is 5.54. The highest BCUT2D eigenvalue weighted by Gasteiger charge is 2.16. The molecule has 1 aromatic heterocycles. The van der Waals surface area contributed by atoms with E-state index < -0.39 is 15.9 Å². The molecule has 0 saturated heterocycles. The predicted molar refractivity (Wildman–Crippen MR) is 90.5 cm³/mol. The van der Waals surface area contributed by atoms with Gasteiger partial charge in [0.2, 0.25) is 10.0 Å². The number of carbonyl (C=O) groups excluding carboxylic acids is 1. The summed E-state index contributed by atoms with van der Waals surface area (Å²) in [7, 11) is -4.04. The Morgan fingerprint density at radius 2 is 1.96 bits per heavy atom. The van der Waals surface area contributed by atoms with Crippen molar-refractivity contribution in [3.05, 3.63) is 62.0 Å². The zero-order valence-corrected chi connectivity index (χ0v) is 14.6. The minimum absolute atomic E-state index is 0.00755. The van der Waals surface area contributed by atoms with Gasteiger partial charge in [-0.15, -0.1) is 0 Å². The summed E-state index contributed by atoms with van der Waals surface area (Å²) in [5, 5.41) is 7.56. The van der Waals surface area contributed by atoms with E-state index in [1.54, 1.807) is 19.9 Å². The summed E-state index contributed by atoms with van der Waals surface area (Å²) in [5.74, 6) is -0.545. The number of hydrogen-bond donors (Lipinski definition) is 3. The molecule has 1 heterocycles. The number of aromatic nitrogens is 1. The molecule has 0 saturated carbocycles. The Kier molecular flexibility index (Phi) is 5.12. The van der Waals surface area contributed by atoms with Crippen LogP contribution in [-0.4, -0.2) is 19.3 Å². The molecule has 0 atom stereocenters. The highest BCUT2D eigenvalue weighted by molar-refractivity contribution is 7.89. The van der Waals surface area contributed by atoms with Crippen LogP contribution in [0.3, 0.4) is 0 Å². The van der Waals surface area contributed by atoms with Gasteiger partial charge < -0.3 is 10.3 Å². The molecular formula is C15H16ClN3O4S. The minimum Gasteiger partial charge on any atom is -0.348 e. The summed E-state index contributed by atoms with van der Waals surface area (Å²) in [4.78, 5) is 26.4. The van der Waals surface area contributed by atoms with Gasteiger partial charge in [-0.05, 0) is 43.7 Å². The van der Waals surface area contributed by atoms with E-state index in [1.807, 2.05) is 0 Å². The highest BCUT2D eigenvalue weighted by Crippen LogP contribution is 2.21. The van der Waals surface area contributed by atoms with Gasteiger partial charge in [-0.2, -0.15) is 0 Å². The monoisotopic (exact) mass is 369 g/mol. The number of pyridine rings is 1. The molecule has 1 amide bonds. The number of carbonyl (C=O) groups is 1. The van der Waals surface area contributed by atoms with E-state index in [4.69, 9.17) is 16.7 Å². The van der Waals surface area contributed by atoms with Crippen LogP contribution in [0.5, 0.6) is 0 Å². The number of primary sulfonamides is 1. The fraction of sp³-hybridized carbons (Fsp3) is 0.200. The molecule has 9 heteroatoms. The van der Waals surface area contributed by atoms with Crippen LogP contribution in [0.25, 0.3) is 0 Å². The van der Waals surface area contributed by atoms with Crippen LogP contribution >= 0.6 is 11.6 Å². The fourth-order valence-electron chi connectivity index (χ4n) is 2.23. The van der Waals surface area contributed by atoms with Gasteiger partial charge in [-0.1, -0.05) is 11.6 Å². The van der Waals surface area contributed by atoms with Gasteiger partial charge in [0.25, 0.3) is 11.5 Å². The Morgan fingerprint density at radius 3 is 2.54 bits per heavy atom. The van der Waals surface area contributed by atoms with Crippen molar-refractivity contribution in [1.82, 2.24) is 10.3 Å². The standard InChI is InChI=1S/C15H16ClN3O4S/c1-8-5-9(2)19-15(21)11(8)7-18-14(20)10-3-4-12(16)13(6-10)24(17,22)23/h3-6H,7H2,1-2H3,(H,18,20)(H,19,21)(H2,17,22,23). The Hall–Kier alpha value is -2.16. The third kappa shape index (κ3) is 4.02. The zero-order valence-electron chi connectivity index (χ0n) is 13.0. The second-order valence-corrected chi connectivity index (χ2v) is 7.25. The second kappa shape index (κ2) is 6.76. The van der Waals surface area contributed by atoms with Crippen LogP contribution in [0.2, 0.25) is 5.02 Å². The first-order chi connectivity index (χ1) is 11.1. The molecule has 0 aliphatic heterocycles. The van der Waals surface area contributed by atoms with E-state index in [2.05, 4.69) is 10.3 Å². The van der Waals surface area contributed by atoms with E-state index in [-0.39, 0.29) is 27.6 Å². The normalized spacial score (nSPS) is 11.3. The van der Waals surface area contributed by atoms with Crippen molar-refractivity contribution in [2.45, 2.75) is 25.3 Å². The Bertz CT molecular complexity index is 967. The van der Waals surface area contributed by atoms with Crippen molar-refractivity contribution >= 4 is 27.5 Å². The lowest BCUT2D eigenvalue weighted by Crippen LogP contribution is -2.28. The Morgan fingerprint density at radius 1 is 1.29 bits per heavy atom. The molecule has 2 rings (SSSR count). The molecule has 0 spiro atoms. The van der Waals surface area contributed by atoms with Crippen LogP contribution in [0.1, 0.15) is 27.2 Å². The number of H-pyrrole nitrogens is 1. The molecule has 0 aliphatic carbocycles. The van der Waals surface area contributed by atoms with Gasteiger partial charge in [-0.3, -0.25) is 9.59 Å². The third-order valence-corrected chi connectivity index (χ3v) is 4.81. The molecule has 0 fully saturated rings. The van der Waals surface area contributed by atoms with Gasteiger partial charge in [0.1, 0.15) is 4.90 Å². The molecule has 7 nitrogen and oxygen atoms in total. The highest BCUT2D eigenvalue weighted by atomic mass is 35.5. The van der Waals surface area contributed by atoms with Crippen LogP contribution in [-0.2, 0) is 16.6 Å². The average molecular weight is 370 g/mol. The molecular weight excluding hydrogens is 354 g/mol. The number of nitrogens with two attached hydrogens (primary N) is 1. The van der Waals surface area contributed by atoms with Crippen LogP contribution < -0.4 is 16.0 Å². The maximum atomic E-state index is 12.2. The number of hydrogen-bond acceptors (Lipinski definition) is 4. The maximum Gasteiger partial charge on any atom is 0.253 e. The van der Waals surface area contributed by atoms with Crippen molar-refractivity contribution in [2.75, 3.05) is 0 Å². The molecule has 2 aromatic rings. The Balaban J connectivity index is 2.24. The number of sulfonamides is 1. The lowest BCUT2D eigenvalue weighted by molar-refractivity contribution is 0.0950. The number of nitrogens with one attached hydrogen (secondary N) is 2. The SMILES string of the molecule is Cc1cc(C)c(CNC(=O)c2ccc(Cl)c(S(N)(=O)=O)c2)c(=O)[nH]1. The zero-order chi connectivity index (χ0) is 18.1. The lowest BCUT2D eigenvalue weighted by atomic mass is 10.1. The maximum absolute atomic E-state index is 12.2. The smallest absolute Gasteiger partial charge is 0.253 e. The number of aromatic amines is 1. The summed E-state index contributed by atoms with van der Waals surface area (Å²) in [6.45, 7) is 3.54. The second-order valence-electron chi connectivity index (χ2n) is 5.32. The van der Waals surface area contributed by atoms with E-state index in [0.717, 1.165) is 17.3 Å². The Labute approximate surface area is 143 Å². The van der Waals surface area contributed by atoms with E-state index in [9.17, 15) is 18.0 Å². The molecule has 128 valence electrons. The first-order valence-corrected chi connectivity index (χ1v) is 8.82. The van der Waals surface area contributed by atoms with E-state index in [1.165, 1.54) is 12.1 Å². The largest absolute Gasteiger partial charge is 0.348 e. The molecule has 0 aliphatic rings. The average Bonchev–Trinajstić information content (AvgIpc) is 2.45. The van der Waals surface area contributed by atoms with Gasteiger partial charge >= 0.3 is 0 Å². The summed E-state index contributed by atoms with van der Waals surface area (Å²) < 4.78 is 22.9. The first kappa shape index (κ1) is 18.2. The van der Waals surface area contributed by atoms with Gasteiger partial charge in [0.15, 0.2) is 0 Å². The van der Waals surface area contributed by atoms with Crippen LogP contribution in [0.15, 0.2) is 34.0 Å². The van der Waals surface area contributed by atoms with Crippen molar-refractivity contribution in [1.29, 1.82) is 0 Å². The number of aryl methyl sites for hydroxylation is 2. The quantitative estimate of drug-likeness (QED) is 0.749. The van der Waals surface area contributed by atoms with Gasteiger partial charge in [0.05, 0.1) is 5.02 Å². The van der Waals surface area contributed by atoms with E-state index in [0.29, 0.717) is 5.56 Å². The molecule has 1 aromatic carbocycles. The third-order valence-electron chi connectivity index (χ3n) is 3.42.